The molecule has 0 saturated carbocycles. The topological polar surface area (TPSA) is 89.9 Å². The fraction of sp³-hybridized carbons (Fsp3) is 0.429. The summed E-state index contributed by atoms with van der Waals surface area (Å²) in [5.41, 5.74) is 2.42. The summed E-state index contributed by atoms with van der Waals surface area (Å²) in [6, 6.07) is 0. The van der Waals surface area contributed by atoms with Crippen LogP contribution in [0.25, 0.3) is 5.95 Å². The summed E-state index contributed by atoms with van der Waals surface area (Å²) in [6.45, 7) is 3.79. The maximum absolute atomic E-state index is 12.0. The van der Waals surface area contributed by atoms with Crippen molar-refractivity contribution in [2.75, 3.05) is 6.61 Å². The van der Waals surface area contributed by atoms with Crippen LogP contribution in [-0.4, -0.2) is 32.3 Å². The van der Waals surface area contributed by atoms with Gasteiger partial charge in [0.05, 0.1) is 24.2 Å². The number of aromatic amines is 1. The number of fused-ring (bicyclic) bond motifs is 1. The van der Waals surface area contributed by atoms with Crippen LogP contribution < -0.4 is 5.56 Å². The number of aryl methyl sites for hydroxylation is 1. The summed E-state index contributed by atoms with van der Waals surface area (Å²) < 4.78 is 6.44. The Morgan fingerprint density at radius 1 is 1.48 bits per heavy atom. The molecule has 3 rings (SSSR count). The first kappa shape index (κ1) is 13.5. The first-order chi connectivity index (χ1) is 10.1. The number of hydrogen-bond acceptors (Lipinski definition) is 5. The third-order valence-corrected chi connectivity index (χ3v) is 3.63. The number of H-pyrrole nitrogens is 1. The molecule has 0 unspecified atom stereocenters. The molecule has 0 aliphatic heterocycles. The number of carbonyl (C=O) groups excluding carboxylic acids is 1. The molecular weight excluding hydrogens is 272 g/mol. The van der Waals surface area contributed by atoms with Crippen LogP contribution in [0.3, 0.4) is 0 Å². The molecule has 110 valence electrons. The van der Waals surface area contributed by atoms with E-state index in [1.54, 1.807) is 13.8 Å². The molecule has 0 saturated heterocycles. The Hall–Kier alpha value is -2.44. The van der Waals surface area contributed by atoms with Gasteiger partial charge in [0.25, 0.3) is 5.56 Å². The summed E-state index contributed by atoms with van der Waals surface area (Å²) in [7, 11) is 0. The number of nitrogens with one attached hydrogen (secondary N) is 1. The Balaban J connectivity index is 2.04. The van der Waals surface area contributed by atoms with Crippen LogP contribution in [0.4, 0.5) is 0 Å². The van der Waals surface area contributed by atoms with Gasteiger partial charge >= 0.3 is 5.97 Å². The van der Waals surface area contributed by atoms with Crippen LogP contribution in [0.1, 0.15) is 40.7 Å². The molecular formula is C14H16N4O3. The lowest BCUT2D eigenvalue weighted by Gasteiger charge is -2.06. The molecule has 0 fully saturated rings. The van der Waals surface area contributed by atoms with E-state index in [1.165, 1.54) is 10.9 Å². The lowest BCUT2D eigenvalue weighted by atomic mass is 10.2. The molecule has 1 aliphatic rings. The predicted octanol–water partition coefficient (Wildman–Crippen LogP) is 0.929. The van der Waals surface area contributed by atoms with E-state index in [9.17, 15) is 9.59 Å². The molecule has 2 aromatic rings. The number of hydrogen-bond donors (Lipinski definition) is 1. The van der Waals surface area contributed by atoms with Crippen molar-refractivity contribution in [3.63, 3.8) is 0 Å². The molecule has 2 heterocycles. The smallest absolute Gasteiger partial charge is 0.341 e. The number of aromatic nitrogens is 4. The SMILES string of the molecule is CCOC(=O)c1cnn(-c2nc3c(c(=O)[nH]2)CCC3)c1C. The largest absolute Gasteiger partial charge is 0.462 e. The summed E-state index contributed by atoms with van der Waals surface area (Å²) in [5, 5.41) is 4.14. The van der Waals surface area contributed by atoms with Gasteiger partial charge in [0, 0.05) is 5.56 Å². The Labute approximate surface area is 121 Å². The maximum atomic E-state index is 12.0. The molecule has 7 nitrogen and oxygen atoms in total. The van der Waals surface area contributed by atoms with Crippen molar-refractivity contribution in [2.45, 2.75) is 33.1 Å². The number of carbonyl (C=O) groups is 1. The highest BCUT2D eigenvalue weighted by Crippen LogP contribution is 2.18. The molecule has 2 aromatic heterocycles. The Morgan fingerprint density at radius 3 is 3.05 bits per heavy atom. The van der Waals surface area contributed by atoms with Gasteiger partial charge in [0.15, 0.2) is 0 Å². The van der Waals surface area contributed by atoms with Crippen molar-refractivity contribution in [3.05, 3.63) is 39.1 Å². The molecule has 7 heteroatoms. The fourth-order valence-corrected chi connectivity index (χ4v) is 2.56. The zero-order chi connectivity index (χ0) is 15.0. The Kier molecular flexibility index (Phi) is 3.32. The van der Waals surface area contributed by atoms with Gasteiger partial charge in [-0.1, -0.05) is 0 Å². The van der Waals surface area contributed by atoms with Crippen LogP contribution in [0, 0.1) is 6.92 Å². The quantitative estimate of drug-likeness (QED) is 0.848. The van der Waals surface area contributed by atoms with E-state index in [0.29, 0.717) is 23.8 Å². The molecule has 21 heavy (non-hydrogen) atoms. The highest BCUT2D eigenvalue weighted by atomic mass is 16.5. The van der Waals surface area contributed by atoms with E-state index < -0.39 is 5.97 Å². The van der Waals surface area contributed by atoms with Crippen molar-refractivity contribution < 1.29 is 9.53 Å². The lowest BCUT2D eigenvalue weighted by Crippen LogP contribution is -2.19. The minimum atomic E-state index is -0.426. The second-order valence-electron chi connectivity index (χ2n) is 4.94. The van der Waals surface area contributed by atoms with Crippen LogP contribution in [0.15, 0.2) is 11.0 Å². The highest BCUT2D eigenvalue weighted by molar-refractivity contribution is 5.90. The van der Waals surface area contributed by atoms with E-state index in [4.69, 9.17) is 4.74 Å². The molecule has 0 spiro atoms. The first-order valence-corrected chi connectivity index (χ1v) is 6.96. The molecule has 0 radical (unpaired) electrons. The van der Waals surface area contributed by atoms with Crippen LogP contribution in [-0.2, 0) is 17.6 Å². The molecule has 1 N–H and O–H groups in total. The predicted molar refractivity (Wildman–Crippen MR) is 74.7 cm³/mol. The summed E-state index contributed by atoms with van der Waals surface area (Å²) in [6.07, 6.45) is 3.95. The Bertz CT molecular complexity index is 760. The van der Waals surface area contributed by atoms with Crippen LogP contribution in [0.5, 0.6) is 0 Å². The van der Waals surface area contributed by atoms with Gasteiger partial charge in [-0.05, 0) is 33.1 Å². The average molecular weight is 288 g/mol. The summed E-state index contributed by atoms with van der Waals surface area (Å²) in [5.74, 6) is -0.0848. The van der Waals surface area contributed by atoms with Gasteiger partial charge in [-0.3, -0.25) is 9.78 Å². The van der Waals surface area contributed by atoms with E-state index in [2.05, 4.69) is 15.1 Å². The van der Waals surface area contributed by atoms with E-state index in [0.717, 1.165) is 30.5 Å². The normalized spacial score (nSPS) is 13.2. The summed E-state index contributed by atoms with van der Waals surface area (Å²) in [4.78, 5) is 31.0. The van der Waals surface area contributed by atoms with Crippen molar-refractivity contribution in [1.82, 2.24) is 19.7 Å². The van der Waals surface area contributed by atoms with Crippen molar-refractivity contribution in [1.29, 1.82) is 0 Å². The molecule has 0 aromatic carbocycles. The van der Waals surface area contributed by atoms with Gasteiger partial charge in [0.2, 0.25) is 5.95 Å². The van der Waals surface area contributed by atoms with Gasteiger partial charge in [-0.15, -0.1) is 0 Å². The minimum absolute atomic E-state index is 0.125. The fourth-order valence-electron chi connectivity index (χ4n) is 2.56. The zero-order valence-electron chi connectivity index (χ0n) is 12.0. The molecule has 0 atom stereocenters. The second kappa shape index (κ2) is 5.16. The molecule has 1 aliphatic carbocycles. The van der Waals surface area contributed by atoms with Gasteiger partial charge in [-0.25, -0.2) is 14.5 Å². The van der Waals surface area contributed by atoms with Crippen molar-refractivity contribution in [3.8, 4) is 5.95 Å². The van der Waals surface area contributed by atoms with Gasteiger partial charge in [0.1, 0.15) is 5.56 Å². The van der Waals surface area contributed by atoms with E-state index >= 15 is 0 Å². The minimum Gasteiger partial charge on any atom is -0.462 e. The van der Waals surface area contributed by atoms with E-state index in [1.807, 2.05) is 0 Å². The first-order valence-electron chi connectivity index (χ1n) is 6.96. The number of ether oxygens (including phenoxy) is 1. The van der Waals surface area contributed by atoms with Crippen molar-refractivity contribution in [2.24, 2.45) is 0 Å². The lowest BCUT2D eigenvalue weighted by molar-refractivity contribution is 0.0525. The second-order valence-corrected chi connectivity index (χ2v) is 4.94. The zero-order valence-corrected chi connectivity index (χ0v) is 12.0. The maximum Gasteiger partial charge on any atom is 0.341 e. The summed E-state index contributed by atoms with van der Waals surface area (Å²) >= 11 is 0. The monoisotopic (exact) mass is 288 g/mol. The molecule has 0 amide bonds. The van der Waals surface area contributed by atoms with Gasteiger partial charge < -0.3 is 4.74 Å². The highest BCUT2D eigenvalue weighted by Gasteiger charge is 2.21. The van der Waals surface area contributed by atoms with Crippen LogP contribution >= 0.6 is 0 Å². The number of rotatable bonds is 3. The Morgan fingerprint density at radius 2 is 2.29 bits per heavy atom. The van der Waals surface area contributed by atoms with E-state index in [-0.39, 0.29) is 5.56 Å². The molecule has 0 bridgehead atoms. The number of esters is 1. The number of nitrogens with zero attached hydrogens (tertiary/aromatic N) is 3. The standard InChI is InChI=1S/C14H16N4O3/c1-3-21-13(20)10-7-15-18(8(10)2)14-16-11-6-4-5-9(11)12(19)17-14/h7H,3-6H2,1-2H3,(H,16,17,19). The van der Waals surface area contributed by atoms with Gasteiger partial charge in [-0.2, -0.15) is 5.10 Å². The average Bonchev–Trinajstić information content (AvgIpc) is 3.05. The third kappa shape index (κ3) is 2.24. The van der Waals surface area contributed by atoms with Crippen molar-refractivity contribution >= 4 is 5.97 Å². The third-order valence-electron chi connectivity index (χ3n) is 3.63. The van der Waals surface area contributed by atoms with Crippen LogP contribution in [0.2, 0.25) is 0 Å².